The first-order valence-electron chi connectivity index (χ1n) is 10.1. The van der Waals surface area contributed by atoms with E-state index in [0.717, 1.165) is 0 Å². The van der Waals surface area contributed by atoms with E-state index < -0.39 is 0 Å². The minimum atomic E-state index is -0.142. The van der Waals surface area contributed by atoms with Crippen molar-refractivity contribution in [1.82, 2.24) is 10.2 Å². The molecule has 0 aliphatic rings. The fourth-order valence-corrected chi connectivity index (χ4v) is 1.87. The molecular formula is C18H37N4O8+. The van der Waals surface area contributed by atoms with Crippen molar-refractivity contribution >= 4 is 5.91 Å². The maximum Gasteiger partial charge on any atom is 0.246 e. The molecule has 30 heavy (non-hydrogen) atoms. The van der Waals surface area contributed by atoms with Crippen molar-refractivity contribution in [2.24, 2.45) is 5.11 Å². The molecule has 0 atom stereocenters. The third kappa shape index (κ3) is 24.5. The zero-order valence-corrected chi connectivity index (χ0v) is 18.0. The van der Waals surface area contributed by atoms with Gasteiger partial charge in [-0.05, 0) is 6.92 Å². The Hall–Kier alpha value is -1.50. The van der Waals surface area contributed by atoms with Gasteiger partial charge in [-0.3, -0.25) is 4.79 Å². The molecule has 0 spiro atoms. The Labute approximate surface area is 178 Å². The van der Waals surface area contributed by atoms with E-state index in [1.807, 2.05) is 6.92 Å². The summed E-state index contributed by atoms with van der Waals surface area (Å²) >= 11 is 0. The molecule has 0 aromatic carbocycles. The van der Waals surface area contributed by atoms with Gasteiger partial charge >= 0.3 is 0 Å². The van der Waals surface area contributed by atoms with E-state index in [9.17, 15) is 4.79 Å². The normalized spacial score (nSPS) is 10.7. The van der Waals surface area contributed by atoms with E-state index in [1.54, 1.807) is 0 Å². The number of amides is 1. The Kier molecular flexibility index (Phi) is 24.3. The fourth-order valence-electron chi connectivity index (χ4n) is 1.87. The van der Waals surface area contributed by atoms with Gasteiger partial charge in [-0.2, -0.15) is 0 Å². The molecule has 0 bridgehead atoms. The van der Waals surface area contributed by atoms with Crippen molar-refractivity contribution in [3.8, 4) is 0 Å². The Bertz CT molecular complexity index is 425. The lowest BCUT2D eigenvalue weighted by Crippen LogP contribution is -2.30. The van der Waals surface area contributed by atoms with Gasteiger partial charge in [-0.15, -0.1) is 0 Å². The molecule has 2 N–H and O–H groups in total. The molecule has 176 valence electrons. The van der Waals surface area contributed by atoms with Crippen molar-refractivity contribution in [1.29, 1.82) is 5.53 Å². The predicted octanol–water partition coefficient (Wildman–Crippen LogP) is -0.211. The zero-order chi connectivity index (χ0) is 22.0. The monoisotopic (exact) mass is 437 g/mol. The highest BCUT2D eigenvalue weighted by molar-refractivity contribution is 5.77. The first-order chi connectivity index (χ1) is 14.8. The van der Waals surface area contributed by atoms with Gasteiger partial charge in [0.15, 0.2) is 0 Å². The summed E-state index contributed by atoms with van der Waals surface area (Å²) in [5.74, 6) is -0.142. The molecule has 0 unspecified atom stereocenters. The van der Waals surface area contributed by atoms with Crippen LogP contribution >= 0.6 is 0 Å². The van der Waals surface area contributed by atoms with Crippen LogP contribution in [0.15, 0.2) is 5.11 Å². The van der Waals surface area contributed by atoms with E-state index in [-0.39, 0.29) is 12.5 Å². The molecule has 12 heteroatoms. The molecule has 0 aliphatic heterocycles. The molecule has 0 aromatic heterocycles. The average molecular weight is 438 g/mol. The van der Waals surface area contributed by atoms with Crippen LogP contribution in [0.1, 0.15) is 6.92 Å². The highest BCUT2D eigenvalue weighted by Gasteiger charge is 1.99. The highest BCUT2D eigenvalue weighted by atomic mass is 16.6. The van der Waals surface area contributed by atoms with Crippen LogP contribution in [0, 0.1) is 5.53 Å². The van der Waals surface area contributed by atoms with Crippen LogP contribution in [0.2, 0.25) is 0 Å². The van der Waals surface area contributed by atoms with E-state index in [4.69, 9.17) is 38.7 Å². The van der Waals surface area contributed by atoms with Gasteiger partial charge in [0.2, 0.25) is 10.8 Å². The summed E-state index contributed by atoms with van der Waals surface area (Å²) in [7, 11) is 0. The summed E-state index contributed by atoms with van der Waals surface area (Å²) in [5.41, 5.74) is 6.47. The van der Waals surface area contributed by atoms with Crippen molar-refractivity contribution < 1.29 is 38.0 Å². The van der Waals surface area contributed by atoms with E-state index >= 15 is 0 Å². The molecule has 0 heterocycles. The number of carbonyl (C=O) groups is 1. The van der Waals surface area contributed by atoms with Crippen LogP contribution in [0.3, 0.4) is 0 Å². The van der Waals surface area contributed by atoms with Gasteiger partial charge < -0.3 is 38.5 Å². The quantitative estimate of drug-likeness (QED) is 0.120. The van der Waals surface area contributed by atoms with Gasteiger partial charge in [0.25, 0.3) is 0 Å². The van der Waals surface area contributed by atoms with Crippen LogP contribution in [-0.4, -0.2) is 111 Å². The highest BCUT2D eigenvalue weighted by Crippen LogP contribution is 1.85. The standard InChI is InChI=1S/C18H36N4O8/c1-2-24-17-18(23)20-3-5-25-7-9-27-11-13-29-15-16-30-14-12-28-10-8-26-6-4-21-22-19/h19H,2-17H2,1H3/p+1. The average Bonchev–Trinajstić information content (AvgIpc) is 2.75. The van der Waals surface area contributed by atoms with Gasteiger partial charge in [0.05, 0.1) is 79.3 Å². The van der Waals surface area contributed by atoms with Gasteiger partial charge in [0, 0.05) is 13.2 Å². The van der Waals surface area contributed by atoms with Crippen LogP contribution in [0.25, 0.3) is 0 Å². The number of ether oxygens (including phenoxy) is 7. The molecular weight excluding hydrogens is 400 g/mol. The maximum absolute atomic E-state index is 11.3. The van der Waals surface area contributed by atoms with Crippen molar-refractivity contribution in [2.75, 3.05) is 106 Å². The number of carbonyl (C=O) groups excluding carboxylic acids is 1. The van der Waals surface area contributed by atoms with Crippen LogP contribution < -0.4 is 10.2 Å². The van der Waals surface area contributed by atoms with Crippen LogP contribution in [0.5, 0.6) is 0 Å². The topological polar surface area (TPSA) is 144 Å². The maximum atomic E-state index is 11.3. The number of hydrogen-bond donors (Lipinski definition) is 2. The second-order valence-electron chi connectivity index (χ2n) is 5.63. The third-order valence-corrected chi connectivity index (χ3v) is 3.27. The minimum absolute atomic E-state index is 0.0809. The molecule has 0 radical (unpaired) electrons. The molecule has 0 fully saturated rings. The summed E-state index contributed by atoms with van der Waals surface area (Å²) < 4.78 is 37.0. The SMILES string of the molecule is CCOCC(=O)NCCOCCOCCOCCOCCOCCOCCN=[N+]=N. The molecule has 1 amide bonds. The largest absolute Gasteiger partial charge is 0.377 e. The number of nitrogens with one attached hydrogen (secondary N) is 2. The molecule has 0 saturated heterocycles. The summed E-state index contributed by atoms with van der Waals surface area (Å²) in [4.78, 5) is 14.1. The molecule has 0 saturated carbocycles. The lowest BCUT2D eigenvalue weighted by molar-refractivity contribution is -0.125. The summed E-state index contributed by atoms with van der Waals surface area (Å²) in [6, 6.07) is 0. The summed E-state index contributed by atoms with van der Waals surface area (Å²) in [6.45, 7) is 9.02. The first-order valence-corrected chi connectivity index (χ1v) is 10.1. The van der Waals surface area contributed by atoms with E-state index in [0.29, 0.717) is 99.0 Å². The van der Waals surface area contributed by atoms with Crippen molar-refractivity contribution in [3.05, 3.63) is 0 Å². The van der Waals surface area contributed by atoms with E-state index in [2.05, 4.69) is 15.3 Å². The van der Waals surface area contributed by atoms with Crippen molar-refractivity contribution in [2.45, 2.75) is 6.92 Å². The lowest BCUT2D eigenvalue weighted by atomic mass is 10.6. The number of rotatable bonds is 24. The minimum Gasteiger partial charge on any atom is -0.377 e. The second-order valence-corrected chi connectivity index (χ2v) is 5.63. The van der Waals surface area contributed by atoms with Crippen molar-refractivity contribution in [3.63, 3.8) is 0 Å². The number of nitrogens with zero attached hydrogens (tertiary/aromatic N) is 2. The lowest BCUT2D eigenvalue weighted by Gasteiger charge is -2.08. The Morgan fingerprint density at radius 3 is 1.60 bits per heavy atom. The Morgan fingerprint density at radius 2 is 1.17 bits per heavy atom. The molecule has 0 aliphatic carbocycles. The second kappa shape index (κ2) is 25.5. The van der Waals surface area contributed by atoms with E-state index in [1.165, 1.54) is 0 Å². The predicted molar refractivity (Wildman–Crippen MR) is 107 cm³/mol. The molecule has 0 aromatic rings. The van der Waals surface area contributed by atoms with Crippen LogP contribution in [-0.2, 0) is 38.0 Å². The summed E-state index contributed by atoms with van der Waals surface area (Å²) in [6.07, 6.45) is 0. The Balaban J connectivity index is 3.06. The van der Waals surface area contributed by atoms with Gasteiger partial charge in [0.1, 0.15) is 23.8 Å². The molecule has 0 rings (SSSR count). The van der Waals surface area contributed by atoms with Gasteiger partial charge in [-0.25, -0.2) is 0 Å². The smallest absolute Gasteiger partial charge is 0.246 e. The summed E-state index contributed by atoms with van der Waals surface area (Å²) in [5, 5.41) is 6.16. The fraction of sp³-hybridized carbons (Fsp3) is 0.944. The number of hydrogen-bond acceptors (Lipinski definition) is 10. The van der Waals surface area contributed by atoms with Gasteiger partial charge in [-0.1, -0.05) is 0 Å². The Morgan fingerprint density at radius 1 is 0.733 bits per heavy atom. The first kappa shape index (κ1) is 28.5. The van der Waals surface area contributed by atoms with Crippen LogP contribution in [0.4, 0.5) is 0 Å². The molecule has 12 nitrogen and oxygen atoms in total. The zero-order valence-electron chi connectivity index (χ0n) is 18.0. The third-order valence-electron chi connectivity index (χ3n) is 3.27.